The summed E-state index contributed by atoms with van der Waals surface area (Å²) in [5.41, 5.74) is -1.44. The van der Waals surface area contributed by atoms with Crippen molar-refractivity contribution in [1.82, 2.24) is 4.31 Å². The Morgan fingerprint density at radius 3 is 2.76 bits per heavy atom. The van der Waals surface area contributed by atoms with Crippen LogP contribution >= 0.6 is 0 Å². The van der Waals surface area contributed by atoms with Gasteiger partial charge in [0, 0.05) is 25.2 Å². The van der Waals surface area contributed by atoms with E-state index in [4.69, 9.17) is 4.74 Å². The van der Waals surface area contributed by atoms with Crippen LogP contribution in [0.25, 0.3) is 0 Å². The predicted octanol–water partition coefficient (Wildman–Crippen LogP) is 1.48. The second-order valence-electron chi connectivity index (χ2n) is 6.44. The number of benzene rings is 1. The van der Waals surface area contributed by atoms with E-state index in [1.54, 1.807) is 0 Å². The molecular weight excluding hydrogens is 352 g/mol. The van der Waals surface area contributed by atoms with Gasteiger partial charge in [-0.15, -0.1) is 0 Å². The van der Waals surface area contributed by atoms with E-state index in [0.29, 0.717) is 12.8 Å². The smallest absolute Gasteiger partial charge is 0.311 e. The van der Waals surface area contributed by atoms with Crippen LogP contribution in [0.2, 0.25) is 0 Å². The molecule has 136 valence electrons. The first kappa shape index (κ1) is 17.6. The fourth-order valence-electron chi connectivity index (χ4n) is 3.90. The van der Waals surface area contributed by atoms with Crippen LogP contribution in [0.3, 0.4) is 0 Å². The van der Waals surface area contributed by atoms with E-state index in [9.17, 15) is 28.4 Å². The molecule has 1 aliphatic carbocycles. The maximum atomic E-state index is 13.0. The van der Waals surface area contributed by atoms with Gasteiger partial charge in [-0.3, -0.25) is 14.9 Å². The number of nitro benzene ring substituents is 1. The minimum absolute atomic E-state index is 0.00738. The average molecular weight is 370 g/mol. The van der Waals surface area contributed by atoms with E-state index in [-0.39, 0.29) is 35.3 Å². The van der Waals surface area contributed by atoms with Gasteiger partial charge in [0.15, 0.2) is 0 Å². The predicted molar refractivity (Wildman–Crippen MR) is 85.8 cm³/mol. The van der Waals surface area contributed by atoms with Crippen LogP contribution in [-0.4, -0.2) is 48.9 Å². The van der Waals surface area contributed by atoms with E-state index in [0.717, 1.165) is 22.9 Å². The second kappa shape index (κ2) is 5.95. The van der Waals surface area contributed by atoms with Crippen LogP contribution in [0.4, 0.5) is 5.69 Å². The fourth-order valence-corrected chi connectivity index (χ4v) is 5.63. The number of sulfonamides is 1. The first-order valence-electron chi connectivity index (χ1n) is 7.78. The Bertz CT molecular complexity index is 838. The van der Waals surface area contributed by atoms with Crippen molar-refractivity contribution >= 4 is 21.7 Å². The van der Waals surface area contributed by atoms with Crippen molar-refractivity contribution in [3.05, 3.63) is 28.3 Å². The molecule has 1 heterocycles. The number of non-ortho nitro benzene ring substituents is 1. The Labute approximate surface area is 144 Å². The third-order valence-electron chi connectivity index (χ3n) is 5.24. The summed E-state index contributed by atoms with van der Waals surface area (Å²) < 4.78 is 32.2. The van der Waals surface area contributed by atoms with E-state index in [1.807, 2.05) is 0 Å². The Balaban J connectivity index is 2.02. The fraction of sp³-hybridized carbons (Fsp3) is 0.533. The van der Waals surface area contributed by atoms with Gasteiger partial charge in [-0.25, -0.2) is 8.42 Å². The highest BCUT2D eigenvalue weighted by Gasteiger charge is 2.57. The zero-order valence-electron chi connectivity index (χ0n) is 13.5. The van der Waals surface area contributed by atoms with Crippen LogP contribution in [0.1, 0.15) is 19.3 Å². The number of carbonyl (C=O) groups is 1. The quantitative estimate of drug-likeness (QED) is 0.614. The molecule has 0 bridgehead atoms. The summed E-state index contributed by atoms with van der Waals surface area (Å²) in [7, 11) is -2.84. The van der Waals surface area contributed by atoms with E-state index in [2.05, 4.69) is 0 Å². The van der Waals surface area contributed by atoms with Crippen LogP contribution in [0.15, 0.2) is 23.1 Å². The number of hydrogen-bond acceptors (Lipinski definition) is 6. The lowest BCUT2D eigenvalue weighted by Crippen LogP contribution is -2.37. The summed E-state index contributed by atoms with van der Waals surface area (Å²) >= 11 is 0. The van der Waals surface area contributed by atoms with E-state index >= 15 is 0 Å². The van der Waals surface area contributed by atoms with Crippen LogP contribution < -0.4 is 4.74 Å². The molecule has 1 aromatic rings. The van der Waals surface area contributed by atoms with Gasteiger partial charge in [-0.05, 0) is 24.8 Å². The lowest BCUT2D eigenvalue weighted by atomic mass is 9.81. The minimum Gasteiger partial charge on any atom is -0.495 e. The summed E-state index contributed by atoms with van der Waals surface area (Å²) in [6.07, 6.45) is 1.85. The van der Waals surface area contributed by atoms with E-state index < -0.39 is 26.3 Å². The van der Waals surface area contributed by atoms with Crippen molar-refractivity contribution in [2.45, 2.75) is 24.2 Å². The zero-order valence-corrected chi connectivity index (χ0v) is 14.4. The number of carboxylic acids is 1. The molecule has 1 aromatic carbocycles. The number of nitrogens with zero attached hydrogens (tertiary/aromatic N) is 2. The number of methoxy groups -OCH3 is 1. The Hall–Kier alpha value is -2.20. The molecular formula is C15H18N2O7S. The highest BCUT2D eigenvalue weighted by molar-refractivity contribution is 7.89. The molecule has 0 radical (unpaired) electrons. The van der Waals surface area contributed by atoms with Crippen molar-refractivity contribution in [2.24, 2.45) is 11.3 Å². The minimum atomic E-state index is -4.11. The topological polar surface area (TPSA) is 127 Å². The van der Waals surface area contributed by atoms with Gasteiger partial charge in [0.1, 0.15) is 10.6 Å². The molecule has 0 unspecified atom stereocenters. The lowest BCUT2D eigenvalue weighted by Gasteiger charge is -2.23. The third-order valence-corrected chi connectivity index (χ3v) is 7.07. The summed E-state index contributed by atoms with van der Waals surface area (Å²) in [6.45, 7) is -0.0261. The maximum absolute atomic E-state index is 13.0. The van der Waals surface area contributed by atoms with Gasteiger partial charge in [0.25, 0.3) is 5.69 Å². The van der Waals surface area contributed by atoms with Gasteiger partial charge in [-0.1, -0.05) is 6.42 Å². The normalized spacial score (nSPS) is 26.4. The molecule has 0 amide bonds. The zero-order chi connectivity index (χ0) is 18.4. The number of aliphatic carboxylic acids is 1. The number of ether oxygens (including phenoxy) is 1. The molecule has 3 rings (SSSR count). The van der Waals surface area contributed by atoms with Crippen molar-refractivity contribution in [3.63, 3.8) is 0 Å². The summed E-state index contributed by atoms with van der Waals surface area (Å²) in [5, 5.41) is 20.6. The summed E-state index contributed by atoms with van der Waals surface area (Å²) in [5.74, 6) is -1.24. The van der Waals surface area contributed by atoms with Crippen molar-refractivity contribution in [3.8, 4) is 5.75 Å². The average Bonchev–Trinajstić information content (AvgIpc) is 3.12. The number of nitro groups is 1. The van der Waals surface area contributed by atoms with Crippen molar-refractivity contribution in [2.75, 3.05) is 20.2 Å². The molecule has 0 spiro atoms. The van der Waals surface area contributed by atoms with Gasteiger partial charge in [0.05, 0.1) is 17.4 Å². The van der Waals surface area contributed by atoms with Crippen molar-refractivity contribution < 1.29 is 28.0 Å². The van der Waals surface area contributed by atoms with E-state index in [1.165, 1.54) is 13.2 Å². The SMILES string of the molecule is COc1ccc([N+](=O)[O-])cc1S(=O)(=O)N1C[C@@H]2CCC[C@@]2(C(=O)O)C1. The molecule has 2 aliphatic rings. The van der Waals surface area contributed by atoms with Crippen molar-refractivity contribution in [1.29, 1.82) is 0 Å². The van der Waals surface area contributed by atoms with Gasteiger partial charge < -0.3 is 9.84 Å². The highest BCUT2D eigenvalue weighted by Crippen LogP contribution is 2.50. The summed E-state index contributed by atoms with van der Waals surface area (Å²) in [6, 6.07) is 3.35. The van der Waals surface area contributed by atoms with Crippen LogP contribution in [0, 0.1) is 21.4 Å². The van der Waals surface area contributed by atoms with Crippen LogP contribution in [-0.2, 0) is 14.8 Å². The number of carboxylic acid groups (broad SMARTS) is 1. The molecule has 1 aliphatic heterocycles. The first-order valence-corrected chi connectivity index (χ1v) is 9.22. The molecule has 1 saturated heterocycles. The van der Waals surface area contributed by atoms with Crippen LogP contribution in [0.5, 0.6) is 5.75 Å². The van der Waals surface area contributed by atoms with Gasteiger partial charge in [-0.2, -0.15) is 4.31 Å². The number of hydrogen-bond donors (Lipinski definition) is 1. The van der Waals surface area contributed by atoms with Gasteiger partial charge in [0.2, 0.25) is 10.0 Å². The number of fused-ring (bicyclic) bond motifs is 1. The van der Waals surface area contributed by atoms with Gasteiger partial charge >= 0.3 is 5.97 Å². The molecule has 2 atom stereocenters. The molecule has 0 aromatic heterocycles. The monoisotopic (exact) mass is 370 g/mol. The Morgan fingerprint density at radius 2 is 2.20 bits per heavy atom. The summed E-state index contributed by atoms with van der Waals surface area (Å²) in [4.78, 5) is 21.7. The highest BCUT2D eigenvalue weighted by atomic mass is 32.2. The molecule has 25 heavy (non-hydrogen) atoms. The molecule has 9 nitrogen and oxygen atoms in total. The molecule has 1 saturated carbocycles. The number of rotatable bonds is 5. The largest absolute Gasteiger partial charge is 0.495 e. The maximum Gasteiger partial charge on any atom is 0.311 e. The Kier molecular flexibility index (Phi) is 4.20. The molecule has 2 fully saturated rings. The first-order chi connectivity index (χ1) is 11.7. The third kappa shape index (κ3) is 2.65. The standard InChI is InChI=1S/C15H18N2O7S/c1-24-12-5-4-11(17(20)21)7-13(12)25(22,23)16-8-10-3-2-6-15(10,9-16)14(18)19/h4-5,7,10H,2-3,6,8-9H2,1H3,(H,18,19)/t10-,15+/m0/s1. The second-order valence-corrected chi connectivity index (χ2v) is 8.35. The molecule has 10 heteroatoms. The molecule has 1 N–H and O–H groups in total. The Morgan fingerprint density at radius 1 is 1.48 bits per heavy atom. The lowest BCUT2D eigenvalue weighted by molar-refractivity contribution is -0.385.